The topological polar surface area (TPSA) is 83.7 Å². The highest BCUT2D eigenvalue weighted by Gasteiger charge is 2.09. The zero-order valence-electron chi connectivity index (χ0n) is 14.4. The van der Waals surface area contributed by atoms with E-state index in [9.17, 15) is 4.79 Å². The van der Waals surface area contributed by atoms with Crippen molar-refractivity contribution in [1.29, 1.82) is 5.26 Å². The summed E-state index contributed by atoms with van der Waals surface area (Å²) in [5.41, 5.74) is 5.30. The van der Waals surface area contributed by atoms with Gasteiger partial charge in [0.1, 0.15) is 17.6 Å². The van der Waals surface area contributed by atoms with Crippen molar-refractivity contribution < 1.29 is 14.3 Å². The first-order chi connectivity index (χ1) is 12.0. The number of amides is 1. The molecule has 2 rings (SSSR count). The molecule has 0 aliphatic carbocycles. The van der Waals surface area contributed by atoms with Crippen molar-refractivity contribution in [2.24, 2.45) is 5.10 Å². The Morgan fingerprint density at radius 2 is 2.00 bits per heavy atom. The average molecular weight is 337 g/mol. The summed E-state index contributed by atoms with van der Waals surface area (Å²) in [7, 11) is 1.58. The summed E-state index contributed by atoms with van der Waals surface area (Å²) < 4.78 is 10.7. The van der Waals surface area contributed by atoms with Gasteiger partial charge in [-0.1, -0.05) is 23.8 Å². The predicted octanol–water partition coefficient (Wildman–Crippen LogP) is 2.79. The van der Waals surface area contributed by atoms with Gasteiger partial charge in [0.05, 0.1) is 18.4 Å². The SMILES string of the molecule is COc1ccc(C)cc1/C(C)=N\NC(=O)COc1ccccc1C#N. The molecule has 0 radical (unpaired) electrons. The maximum atomic E-state index is 11.9. The van der Waals surface area contributed by atoms with Gasteiger partial charge in [0.15, 0.2) is 6.61 Å². The van der Waals surface area contributed by atoms with Crippen LogP contribution in [0.5, 0.6) is 11.5 Å². The predicted molar refractivity (Wildman–Crippen MR) is 94.7 cm³/mol. The molecule has 0 fully saturated rings. The number of nitrogens with one attached hydrogen (secondary N) is 1. The first-order valence-electron chi connectivity index (χ1n) is 7.65. The van der Waals surface area contributed by atoms with Gasteiger partial charge in [0.2, 0.25) is 0 Å². The van der Waals surface area contributed by atoms with Crippen molar-refractivity contribution in [3.63, 3.8) is 0 Å². The fourth-order valence-corrected chi connectivity index (χ4v) is 2.17. The van der Waals surface area contributed by atoms with Crippen molar-refractivity contribution in [2.75, 3.05) is 13.7 Å². The second-order valence-corrected chi connectivity index (χ2v) is 5.33. The number of nitriles is 1. The zero-order valence-corrected chi connectivity index (χ0v) is 14.4. The molecule has 1 N–H and O–H groups in total. The Kier molecular flexibility index (Phi) is 6.13. The Labute approximate surface area is 146 Å². The van der Waals surface area contributed by atoms with Crippen molar-refractivity contribution in [3.8, 4) is 17.6 Å². The van der Waals surface area contributed by atoms with Crippen molar-refractivity contribution in [2.45, 2.75) is 13.8 Å². The zero-order chi connectivity index (χ0) is 18.2. The summed E-state index contributed by atoms with van der Waals surface area (Å²) in [6.07, 6.45) is 0. The van der Waals surface area contributed by atoms with Crippen LogP contribution in [0.1, 0.15) is 23.6 Å². The summed E-state index contributed by atoms with van der Waals surface area (Å²) >= 11 is 0. The van der Waals surface area contributed by atoms with Crippen LogP contribution in [0.2, 0.25) is 0 Å². The van der Waals surface area contributed by atoms with E-state index in [4.69, 9.17) is 14.7 Å². The van der Waals surface area contributed by atoms with Crippen LogP contribution < -0.4 is 14.9 Å². The molecule has 0 unspecified atom stereocenters. The minimum Gasteiger partial charge on any atom is -0.496 e. The van der Waals surface area contributed by atoms with Crippen LogP contribution in [0.15, 0.2) is 47.6 Å². The number of aryl methyl sites for hydroxylation is 1. The van der Waals surface area contributed by atoms with Crippen molar-refractivity contribution in [3.05, 3.63) is 59.2 Å². The molecular weight excluding hydrogens is 318 g/mol. The summed E-state index contributed by atoms with van der Waals surface area (Å²) in [6, 6.07) is 14.5. The average Bonchev–Trinajstić information content (AvgIpc) is 2.64. The monoisotopic (exact) mass is 337 g/mol. The molecule has 0 aliphatic rings. The lowest BCUT2D eigenvalue weighted by atomic mass is 10.1. The molecule has 25 heavy (non-hydrogen) atoms. The summed E-state index contributed by atoms with van der Waals surface area (Å²) in [6.45, 7) is 3.51. The van der Waals surface area contributed by atoms with Gasteiger partial charge >= 0.3 is 0 Å². The van der Waals surface area contributed by atoms with Crippen LogP contribution in [0.4, 0.5) is 0 Å². The number of carbonyl (C=O) groups is 1. The molecule has 0 atom stereocenters. The standard InChI is InChI=1S/C19H19N3O3/c1-13-8-9-18(24-3)16(10-13)14(2)21-22-19(23)12-25-17-7-5-4-6-15(17)11-20/h4-10H,12H2,1-3H3,(H,22,23)/b21-14-. The molecule has 0 spiro atoms. The number of rotatable bonds is 6. The van der Waals surface area contributed by atoms with E-state index in [2.05, 4.69) is 10.5 Å². The number of hydrazone groups is 1. The Morgan fingerprint density at radius 1 is 1.24 bits per heavy atom. The second kappa shape index (κ2) is 8.50. The Bertz CT molecular complexity index is 838. The molecule has 6 nitrogen and oxygen atoms in total. The van der Waals surface area contributed by atoms with Crippen LogP contribution >= 0.6 is 0 Å². The van der Waals surface area contributed by atoms with E-state index in [-0.39, 0.29) is 6.61 Å². The molecule has 0 heterocycles. The van der Waals surface area contributed by atoms with Gasteiger partial charge in [0.25, 0.3) is 5.91 Å². The number of hydrogen-bond acceptors (Lipinski definition) is 5. The highest BCUT2D eigenvalue weighted by atomic mass is 16.5. The van der Waals surface area contributed by atoms with Gasteiger partial charge in [-0.05, 0) is 38.1 Å². The molecule has 128 valence electrons. The molecule has 0 bridgehead atoms. The van der Waals surface area contributed by atoms with Gasteiger partial charge in [-0.25, -0.2) is 5.43 Å². The van der Waals surface area contributed by atoms with Crippen LogP contribution in [-0.4, -0.2) is 25.3 Å². The van der Waals surface area contributed by atoms with E-state index in [1.165, 1.54) is 0 Å². The summed E-state index contributed by atoms with van der Waals surface area (Å²) in [5, 5.41) is 13.1. The first-order valence-corrected chi connectivity index (χ1v) is 7.65. The van der Waals surface area contributed by atoms with Gasteiger partial charge in [-0.3, -0.25) is 4.79 Å². The van der Waals surface area contributed by atoms with Crippen molar-refractivity contribution >= 4 is 11.6 Å². The third-order valence-electron chi connectivity index (χ3n) is 3.46. The van der Waals surface area contributed by atoms with Crippen LogP contribution in [0.25, 0.3) is 0 Å². The molecule has 2 aromatic carbocycles. The highest BCUT2D eigenvalue weighted by Crippen LogP contribution is 2.20. The lowest BCUT2D eigenvalue weighted by molar-refractivity contribution is -0.123. The van der Waals surface area contributed by atoms with Gasteiger partial charge < -0.3 is 9.47 Å². The van der Waals surface area contributed by atoms with Crippen LogP contribution in [-0.2, 0) is 4.79 Å². The van der Waals surface area contributed by atoms with Crippen LogP contribution in [0.3, 0.4) is 0 Å². The van der Waals surface area contributed by atoms with E-state index < -0.39 is 5.91 Å². The molecule has 6 heteroatoms. The van der Waals surface area contributed by atoms with Gasteiger partial charge in [-0.2, -0.15) is 10.4 Å². The molecule has 0 aliphatic heterocycles. The molecule has 0 aromatic heterocycles. The fourth-order valence-electron chi connectivity index (χ4n) is 2.17. The number of ether oxygens (including phenoxy) is 2. The van der Waals surface area contributed by atoms with E-state index in [0.717, 1.165) is 11.1 Å². The van der Waals surface area contributed by atoms with E-state index in [1.54, 1.807) is 38.3 Å². The smallest absolute Gasteiger partial charge is 0.277 e. The fraction of sp³-hybridized carbons (Fsp3) is 0.211. The van der Waals surface area contributed by atoms with E-state index >= 15 is 0 Å². The minimum absolute atomic E-state index is 0.236. The first kappa shape index (κ1) is 18.0. The summed E-state index contributed by atoms with van der Waals surface area (Å²) in [5.74, 6) is 0.625. The number of nitrogens with zero attached hydrogens (tertiary/aromatic N) is 2. The third kappa shape index (κ3) is 4.82. The molecule has 0 saturated heterocycles. The normalized spacial score (nSPS) is 10.7. The number of benzene rings is 2. The minimum atomic E-state index is -0.418. The largest absolute Gasteiger partial charge is 0.496 e. The van der Waals surface area contributed by atoms with E-state index in [0.29, 0.717) is 22.8 Å². The lowest BCUT2D eigenvalue weighted by Crippen LogP contribution is -2.25. The van der Waals surface area contributed by atoms with Gasteiger partial charge in [-0.15, -0.1) is 0 Å². The van der Waals surface area contributed by atoms with E-state index in [1.807, 2.05) is 31.2 Å². The quantitative estimate of drug-likeness (QED) is 0.649. The number of methoxy groups -OCH3 is 1. The van der Waals surface area contributed by atoms with Crippen LogP contribution in [0, 0.1) is 18.3 Å². The molecule has 2 aromatic rings. The summed E-state index contributed by atoms with van der Waals surface area (Å²) in [4.78, 5) is 11.9. The second-order valence-electron chi connectivity index (χ2n) is 5.33. The molecule has 1 amide bonds. The highest BCUT2D eigenvalue weighted by molar-refractivity contribution is 6.01. The third-order valence-corrected chi connectivity index (χ3v) is 3.46. The van der Waals surface area contributed by atoms with Gasteiger partial charge in [0, 0.05) is 5.56 Å². The molecular formula is C19H19N3O3. The Hall–Kier alpha value is -3.33. The lowest BCUT2D eigenvalue weighted by Gasteiger charge is -2.10. The number of carbonyl (C=O) groups excluding carboxylic acids is 1. The Morgan fingerprint density at radius 3 is 2.72 bits per heavy atom. The Balaban J connectivity index is 2.00. The maximum Gasteiger partial charge on any atom is 0.277 e. The maximum absolute atomic E-state index is 11.9. The van der Waals surface area contributed by atoms with Crippen molar-refractivity contribution in [1.82, 2.24) is 5.43 Å². The number of para-hydroxylation sites is 1. The number of hydrogen-bond donors (Lipinski definition) is 1. The molecule has 0 saturated carbocycles.